The first-order valence-electron chi connectivity index (χ1n) is 6.92. The number of aromatic nitrogens is 1. The van der Waals surface area contributed by atoms with E-state index in [1.54, 1.807) is 13.0 Å². The molecular weight excluding hydrogens is 270 g/mol. The number of nitriles is 1. The predicted octanol–water partition coefficient (Wildman–Crippen LogP) is 1.63. The molecule has 6 heteroatoms. The van der Waals surface area contributed by atoms with Crippen LogP contribution >= 0.6 is 0 Å². The van der Waals surface area contributed by atoms with Crippen LogP contribution in [0.5, 0.6) is 0 Å². The highest BCUT2D eigenvalue weighted by atomic mass is 16.4. The zero-order valence-corrected chi connectivity index (χ0v) is 11.8. The van der Waals surface area contributed by atoms with Crippen LogP contribution in [0.4, 0.5) is 0 Å². The van der Waals surface area contributed by atoms with E-state index in [-0.39, 0.29) is 23.6 Å². The lowest BCUT2D eigenvalue weighted by Crippen LogP contribution is -2.39. The normalized spacial score (nSPS) is 21.3. The standard InChI is InChI=1S/C15H17N3O3/c1-9-11(8-16)4-7-13(17-9)14(19)18-12-5-2-10(3-6-12)15(20)21/h4,7,10,12H,2-3,5-6H2,1H3,(H,18,19)(H,20,21). The number of pyridine rings is 1. The van der Waals surface area contributed by atoms with Crippen LogP contribution in [0.1, 0.15) is 47.4 Å². The van der Waals surface area contributed by atoms with Gasteiger partial charge in [-0.05, 0) is 44.7 Å². The summed E-state index contributed by atoms with van der Waals surface area (Å²) in [6.45, 7) is 1.69. The Labute approximate surface area is 122 Å². The van der Waals surface area contributed by atoms with Gasteiger partial charge in [0.1, 0.15) is 11.8 Å². The van der Waals surface area contributed by atoms with Gasteiger partial charge in [-0.15, -0.1) is 0 Å². The van der Waals surface area contributed by atoms with Crippen molar-refractivity contribution in [1.82, 2.24) is 10.3 Å². The molecule has 0 spiro atoms. The summed E-state index contributed by atoms with van der Waals surface area (Å²) < 4.78 is 0. The van der Waals surface area contributed by atoms with Gasteiger partial charge in [0.25, 0.3) is 5.91 Å². The highest BCUT2D eigenvalue weighted by molar-refractivity contribution is 5.92. The molecule has 0 saturated heterocycles. The summed E-state index contributed by atoms with van der Waals surface area (Å²) in [5, 5.41) is 20.7. The molecule has 0 unspecified atom stereocenters. The highest BCUT2D eigenvalue weighted by Gasteiger charge is 2.27. The maximum Gasteiger partial charge on any atom is 0.306 e. The minimum atomic E-state index is -0.760. The van der Waals surface area contributed by atoms with Crippen LogP contribution in [0.25, 0.3) is 0 Å². The van der Waals surface area contributed by atoms with Crippen LogP contribution in [-0.4, -0.2) is 28.0 Å². The Kier molecular flexibility index (Phi) is 4.53. The fraction of sp³-hybridized carbons (Fsp3) is 0.467. The Morgan fingerprint density at radius 1 is 1.33 bits per heavy atom. The van der Waals surface area contributed by atoms with Gasteiger partial charge in [-0.2, -0.15) is 5.26 Å². The van der Waals surface area contributed by atoms with Crippen LogP contribution in [0.2, 0.25) is 0 Å². The maximum atomic E-state index is 12.1. The largest absolute Gasteiger partial charge is 0.481 e. The first-order valence-corrected chi connectivity index (χ1v) is 6.92. The van der Waals surface area contributed by atoms with E-state index in [1.165, 1.54) is 6.07 Å². The number of carboxylic acid groups (broad SMARTS) is 1. The number of nitrogens with zero attached hydrogens (tertiary/aromatic N) is 2. The summed E-state index contributed by atoms with van der Waals surface area (Å²) in [6, 6.07) is 5.11. The molecule has 2 N–H and O–H groups in total. The van der Waals surface area contributed by atoms with E-state index in [2.05, 4.69) is 10.3 Å². The van der Waals surface area contributed by atoms with Crippen LogP contribution < -0.4 is 5.32 Å². The number of aryl methyl sites for hydroxylation is 1. The average Bonchev–Trinajstić information content (AvgIpc) is 2.47. The van der Waals surface area contributed by atoms with E-state index in [0.717, 1.165) is 0 Å². The monoisotopic (exact) mass is 287 g/mol. The fourth-order valence-electron chi connectivity index (χ4n) is 2.55. The Morgan fingerprint density at radius 3 is 2.52 bits per heavy atom. The Bertz CT molecular complexity index is 599. The predicted molar refractivity (Wildman–Crippen MR) is 74.5 cm³/mol. The molecule has 0 atom stereocenters. The molecule has 1 aliphatic carbocycles. The molecule has 21 heavy (non-hydrogen) atoms. The van der Waals surface area contributed by atoms with Crippen molar-refractivity contribution in [2.75, 3.05) is 0 Å². The fourth-order valence-corrected chi connectivity index (χ4v) is 2.55. The van der Waals surface area contributed by atoms with Gasteiger partial charge in [-0.25, -0.2) is 4.98 Å². The number of hydrogen-bond acceptors (Lipinski definition) is 4. The van der Waals surface area contributed by atoms with E-state index < -0.39 is 5.97 Å². The van der Waals surface area contributed by atoms with E-state index in [4.69, 9.17) is 10.4 Å². The molecule has 1 aliphatic rings. The van der Waals surface area contributed by atoms with Gasteiger partial charge in [-0.3, -0.25) is 9.59 Å². The first-order chi connectivity index (χ1) is 10.0. The lowest BCUT2D eigenvalue weighted by atomic mass is 9.86. The average molecular weight is 287 g/mol. The minimum Gasteiger partial charge on any atom is -0.481 e. The summed E-state index contributed by atoms with van der Waals surface area (Å²) >= 11 is 0. The summed E-state index contributed by atoms with van der Waals surface area (Å²) in [5.41, 5.74) is 1.26. The number of rotatable bonds is 3. The number of aliphatic carboxylic acids is 1. The van der Waals surface area contributed by atoms with Crippen molar-refractivity contribution in [3.8, 4) is 6.07 Å². The van der Waals surface area contributed by atoms with Gasteiger partial charge in [0.2, 0.25) is 0 Å². The second-order valence-corrected chi connectivity index (χ2v) is 5.30. The SMILES string of the molecule is Cc1nc(C(=O)NC2CCC(C(=O)O)CC2)ccc1C#N. The molecule has 0 aliphatic heterocycles. The van der Waals surface area contributed by atoms with Crippen molar-refractivity contribution < 1.29 is 14.7 Å². The molecule has 0 aromatic carbocycles. The quantitative estimate of drug-likeness (QED) is 0.879. The number of hydrogen-bond donors (Lipinski definition) is 2. The minimum absolute atomic E-state index is 0.00847. The van der Waals surface area contributed by atoms with Crippen LogP contribution in [-0.2, 0) is 4.79 Å². The molecule has 0 bridgehead atoms. The lowest BCUT2D eigenvalue weighted by molar-refractivity contribution is -0.142. The molecule has 1 fully saturated rings. The zero-order chi connectivity index (χ0) is 15.4. The topological polar surface area (TPSA) is 103 Å². The van der Waals surface area contributed by atoms with Gasteiger partial charge in [0, 0.05) is 6.04 Å². The Morgan fingerprint density at radius 2 is 2.00 bits per heavy atom. The molecule has 1 saturated carbocycles. The smallest absolute Gasteiger partial charge is 0.306 e. The Balaban J connectivity index is 1.95. The molecule has 6 nitrogen and oxygen atoms in total. The van der Waals surface area contributed by atoms with E-state index in [0.29, 0.717) is 36.9 Å². The van der Waals surface area contributed by atoms with Crippen molar-refractivity contribution >= 4 is 11.9 Å². The van der Waals surface area contributed by atoms with Crippen molar-refractivity contribution in [2.45, 2.75) is 38.6 Å². The zero-order valence-electron chi connectivity index (χ0n) is 11.8. The maximum absolute atomic E-state index is 12.1. The van der Waals surface area contributed by atoms with Crippen molar-refractivity contribution in [3.05, 3.63) is 29.1 Å². The lowest BCUT2D eigenvalue weighted by Gasteiger charge is -2.26. The van der Waals surface area contributed by atoms with Crippen LogP contribution in [0, 0.1) is 24.2 Å². The number of nitrogens with one attached hydrogen (secondary N) is 1. The number of amides is 1. The van der Waals surface area contributed by atoms with Gasteiger partial charge in [0.05, 0.1) is 17.2 Å². The highest BCUT2D eigenvalue weighted by Crippen LogP contribution is 2.24. The summed E-state index contributed by atoms with van der Waals surface area (Å²) in [7, 11) is 0. The van der Waals surface area contributed by atoms with Crippen LogP contribution in [0.15, 0.2) is 12.1 Å². The summed E-state index contributed by atoms with van der Waals surface area (Å²) in [5.74, 6) is -1.33. The Hall–Kier alpha value is -2.42. The molecule has 1 amide bonds. The molecule has 1 heterocycles. The first kappa shape index (κ1) is 15.0. The second kappa shape index (κ2) is 6.35. The van der Waals surface area contributed by atoms with Gasteiger partial charge in [-0.1, -0.05) is 0 Å². The number of carbonyl (C=O) groups is 2. The van der Waals surface area contributed by atoms with E-state index in [9.17, 15) is 9.59 Å². The van der Waals surface area contributed by atoms with Crippen molar-refractivity contribution in [2.24, 2.45) is 5.92 Å². The van der Waals surface area contributed by atoms with E-state index >= 15 is 0 Å². The third-order valence-electron chi connectivity index (χ3n) is 3.85. The molecule has 1 aromatic heterocycles. The number of carboxylic acids is 1. The third kappa shape index (κ3) is 3.57. The molecule has 2 rings (SSSR count). The molecular formula is C15H17N3O3. The summed E-state index contributed by atoms with van der Waals surface area (Å²) in [4.78, 5) is 27.1. The molecule has 1 aromatic rings. The number of carbonyl (C=O) groups excluding carboxylic acids is 1. The third-order valence-corrected chi connectivity index (χ3v) is 3.85. The second-order valence-electron chi connectivity index (χ2n) is 5.30. The molecule has 110 valence electrons. The molecule has 0 radical (unpaired) electrons. The van der Waals surface area contributed by atoms with Gasteiger partial charge >= 0.3 is 5.97 Å². The van der Waals surface area contributed by atoms with Crippen molar-refractivity contribution in [3.63, 3.8) is 0 Å². The van der Waals surface area contributed by atoms with Crippen molar-refractivity contribution in [1.29, 1.82) is 5.26 Å². The van der Waals surface area contributed by atoms with E-state index in [1.807, 2.05) is 6.07 Å². The van der Waals surface area contributed by atoms with Crippen LogP contribution in [0.3, 0.4) is 0 Å². The van der Waals surface area contributed by atoms with Gasteiger partial charge < -0.3 is 10.4 Å². The van der Waals surface area contributed by atoms with Gasteiger partial charge in [0.15, 0.2) is 0 Å². The summed E-state index contributed by atoms with van der Waals surface area (Å²) in [6.07, 6.45) is 2.50.